The van der Waals surface area contributed by atoms with Crippen LogP contribution in [0.25, 0.3) is 91.7 Å². The molecule has 11 aromatic rings. The minimum absolute atomic E-state index is 0.375. The second-order valence-corrected chi connectivity index (χ2v) is 17.2. The van der Waals surface area contributed by atoms with Gasteiger partial charge < -0.3 is 9.47 Å². The number of nitrogens with zero attached hydrogens (tertiary/aromatic N) is 3. The lowest BCUT2D eigenvalue weighted by Gasteiger charge is -2.32. The van der Waals surface area contributed by atoms with E-state index in [1.54, 1.807) is 0 Å². The average Bonchev–Trinajstić information content (AvgIpc) is 3.97. The van der Waals surface area contributed by atoms with Gasteiger partial charge in [0.15, 0.2) is 0 Å². The van der Waals surface area contributed by atoms with Crippen molar-refractivity contribution in [1.82, 2.24) is 9.55 Å². The SMILES string of the molecule is C1=CC2c3ccccc3N(c3cc(-c4ccc(-c5nc6c7ccccc7ccc6c6c5sc5ccccc56)cc4)cc(-n4c5ccccc5c5ccccc54)c3)C2CC1. The molecule has 0 saturated heterocycles. The molecule has 1 aliphatic carbocycles. The summed E-state index contributed by atoms with van der Waals surface area (Å²) in [5.41, 5.74) is 13.2. The zero-order chi connectivity index (χ0) is 38.6. The highest BCUT2D eigenvalue weighted by atomic mass is 32.1. The third-order valence-corrected chi connectivity index (χ3v) is 14.2. The fourth-order valence-electron chi connectivity index (χ4n) is 10.4. The number of aromatic nitrogens is 2. The summed E-state index contributed by atoms with van der Waals surface area (Å²) >= 11 is 1.85. The zero-order valence-electron chi connectivity index (χ0n) is 32.2. The monoisotopic (exact) mass is 771 g/mol. The summed E-state index contributed by atoms with van der Waals surface area (Å²) < 4.78 is 4.99. The van der Waals surface area contributed by atoms with Gasteiger partial charge in [-0.2, -0.15) is 0 Å². The van der Waals surface area contributed by atoms with Crippen molar-refractivity contribution in [1.29, 1.82) is 0 Å². The Morgan fingerprint density at radius 2 is 1.22 bits per heavy atom. The number of allylic oxidation sites excluding steroid dienone is 1. The standard InChI is InChI=1S/C55H37N3S/c1-2-14-40-35(13-1)29-30-46-52-45-19-7-12-24-51(45)59-55(52)53(56-54(40)46)36-27-25-34(26-28-36)37-31-38(57-47-20-8-3-15-41(47)42-16-4-9-21-48(42)57)33-39(32-37)58-49-22-10-5-17-43(49)44-18-6-11-23-50(44)58/h1-10,12-22,24-33,44,50H,11,23H2. The maximum atomic E-state index is 5.53. The molecule has 3 aromatic heterocycles. The number of fused-ring (bicyclic) bond motifs is 13. The molecule has 0 saturated carbocycles. The first-order chi connectivity index (χ1) is 29.3. The summed E-state index contributed by atoms with van der Waals surface area (Å²) in [6.07, 6.45) is 7.04. The summed E-state index contributed by atoms with van der Waals surface area (Å²) in [5, 5.41) is 8.74. The number of para-hydroxylation sites is 3. The van der Waals surface area contributed by atoms with Crippen LogP contribution in [-0.4, -0.2) is 15.6 Å². The van der Waals surface area contributed by atoms with Crippen LogP contribution in [-0.2, 0) is 0 Å². The Morgan fingerprint density at radius 1 is 0.542 bits per heavy atom. The van der Waals surface area contributed by atoms with E-state index in [9.17, 15) is 0 Å². The molecule has 0 bridgehead atoms. The molecule has 0 radical (unpaired) electrons. The molecule has 2 unspecified atom stereocenters. The van der Waals surface area contributed by atoms with Crippen molar-refractivity contribution in [2.45, 2.75) is 24.8 Å². The number of pyridine rings is 1. The van der Waals surface area contributed by atoms with Crippen LogP contribution in [0.15, 0.2) is 188 Å². The van der Waals surface area contributed by atoms with Crippen LogP contribution in [0.1, 0.15) is 24.3 Å². The summed E-state index contributed by atoms with van der Waals surface area (Å²) in [4.78, 5) is 8.17. The van der Waals surface area contributed by atoms with Crippen LogP contribution >= 0.6 is 11.3 Å². The fourth-order valence-corrected chi connectivity index (χ4v) is 11.6. The van der Waals surface area contributed by atoms with E-state index in [1.807, 2.05) is 11.3 Å². The average molecular weight is 772 g/mol. The Kier molecular flexibility index (Phi) is 7.13. The minimum Gasteiger partial charge on any atom is -0.337 e. The van der Waals surface area contributed by atoms with Crippen molar-refractivity contribution < 1.29 is 0 Å². The molecule has 0 fully saturated rings. The van der Waals surface area contributed by atoms with E-state index in [2.05, 4.69) is 198 Å². The first-order valence-corrected chi connectivity index (χ1v) is 21.5. The lowest BCUT2D eigenvalue weighted by Crippen LogP contribution is -2.31. The van der Waals surface area contributed by atoms with Gasteiger partial charge in [-0.3, -0.25) is 0 Å². The molecule has 3 nitrogen and oxygen atoms in total. The largest absolute Gasteiger partial charge is 0.337 e. The number of thiophene rings is 1. The third-order valence-electron chi connectivity index (χ3n) is 13.0. The molecule has 59 heavy (non-hydrogen) atoms. The van der Waals surface area contributed by atoms with Gasteiger partial charge in [-0.05, 0) is 77.4 Å². The lowest BCUT2D eigenvalue weighted by atomic mass is 9.87. The molecule has 0 amide bonds. The Balaban J connectivity index is 1.02. The van der Waals surface area contributed by atoms with Crippen molar-refractivity contribution in [3.63, 3.8) is 0 Å². The van der Waals surface area contributed by atoms with Crippen molar-refractivity contribution in [2.24, 2.45) is 0 Å². The van der Waals surface area contributed by atoms with Crippen LogP contribution in [0.3, 0.4) is 0 Å². The molecular weight excluding hydrogens is 735 g/mol. The van der Waals surface area contributed by atoms with Gasteiger partial charge in [-0.1, -0.05) is 146 Å². The second-order valence-electron chi connectivity index (χ2n) is 16.2. The van der Waals surface area contributed by atoms with E-state index in [-0.39, 0.29) is 0 Å². The van der Waals surface area contributed by atoms with E-state index in [4.69, 9.17) is 4.98 Å². The summed E-state index contributed by atoms with van der Waals surface area (Å²) in [6, 6.07) is 65.5. The van der Waals surface area contributed by atoms with Crippen LogP contribution in [0.5, 0.6) is 0 Å². The number of benzene rings is 8. The van der Waals surface area contributed by atoms with Gasteiger partial charge in [0.05, 0.1) is 26.9 Å². The van der Waals surface area contributed by atoms with Crippen LogP contribution in [0.2, 0.25) is 0 Å². The predicted octanol–water partition coefficient (Wildman–Crippen LogP) is 15.1. The molecule has 4 heterocycles. The molecule has 13 rings (SSSR count). The van der Waals surface area contributed by atoms with Crippen molar-refractivity contribution in [3.8, 4) is 28.1 Å². The quantitative estimate of drug-likeness (QED) is 0.131. The van der Waals surface area contributed by atoms with Gasteiger partial charge in [0.2, 0.25) is 0 Å². The topological polar surface area (TPSA) is 21.1 Å². The highest BCUT2D eigenvalue weighted by molar-refractivity contribution is 7.26. The van der Waals surface area contributed by atoms with Gasteiger partial charge >= 0.3 is 0 Å². The fraction of sp³-hybridized carbons (Fsp3) is 0.0727. The van der Waals surface area contributed by atoms with E-state index in [0.29, 0.717) is 12.0 Å². The maximum absolute atomic E-state index is 5.53. The predicted molar refractivity (Wildman–Crippen MR) is 251 cm³/mol. The molecule has 278 valence electrons. The van der Waals surface area contributed by atoms with Crippen LogP contribution < -0.4 is 4.90 Å². The molecule has 0 N–H and O–H groups in total. The van der Waals surface area contributed by atoms with Crippen LogP contribution in [0, 0.1) is 0 Å². The Bertz CT molecular complexity index is 3480. The number of hydrogen-bond acceptors (Lipinski definition) is 3. The Labute approximate surface area is 345 Å². The molecule has 8 aromatic carbocycles. The summed E-state index contributed by atoms with van der Waals surface area (Å²) in [7, 11) is 0. The third kappa shape index (κ3) is 4.90. The van der Waals surface area contributed by atoms with Crippen LogP contribution in [0.4, 0.5) is 11.4 Å². The zero-order valence-corrected chi connectivity index (χ0v) is 33.0. The lowest BCUT2D eigenvalue weighted by molar-refractivity contribution is 0.565. The first-order valence-electron chi connectivity index (χ1n) is 20.7. The van der Waals surface area contributed by atoms with Gasteiger partial charge in [0, 0.05) is 71.6 Å². The van der Waals surface area contributed by atoms with Crippen molar-refractivity contribution in [3.05, 3.63) is 194 Å². The molecule has 2 aliphatic rings. The first kappa shape index (κ1) is 33.0. The minimum atomic E-state index is 0.375. The molecular formula is C55H37N3S. The highest BCUT2D eigenvalue weighted by Crippen LogP contribution is 2.50. The number of anilines is 2. The smallest absolute Gasteiger partial charge is 0.0888 e. The van der Waals surface area contributed by atoms with Gasteiger partial charge in [-0.15, -0.1) is 11.3 Å². The highest BCUT2D eigenvalue weighted by Gasteiger charge is 2.39. The van der Waals surface area contributed by atoms with E-state index in [0.717, 1.165) is 29.6 Å². The second kappa shape index (κ2) is 12.7. The van der Waals surface area contributed by atoms with Crippen molar-refractivity contribution >= 4 is 86.4 Å². The Morgan fingerprint density at radius 3 is 2.05 bits per heavy atom. The van der Waals surface area contributed by atoms with E-state index in [1.165, 1.54) is 91.9 Å². The maximum Gasteiger partial charge on any atom is 0.0888 e. The molecule has 4 heteroatoms. The number of rotatable bonds is 4. The van der Waals surface area contributed by atoms with E-state index < -0.39 is 0 Å². The Hall–Kier alpha value is -7.01. The van der Waals surface area contributed by atoms with Gasteiger partial charge in [-0.25, -0.2) is 4.98 Å². The molecule has 0 spiro atoms. The van der Waals surface area contributed by atoms with Gasteiger partial charge in [0.25, 0.3) is 0 Å². The van der Waals surface area contributed by atoms with E-state index >= 15 is 0 Å². The summed E-state index contributed by atoms with van der Waals surface area (Å²) in [6.45, 7) is 0. The normalized spacial score (nSPS) is 16.2. The van der Waals surface area contributed by atoms with Gasteiger partial charge in [0.1, 0.15) is 0 Å². The number of hydrogen-bond donors (Lipinski definition) is 0. The molecule has 2 atom stereocenters. The van der Waals surface area contributed by atoms with Crippen molar-refractivity contribution in [2.75, 3.05) is 4.90 Å². The summed E-state index contributed by atoms with van der Waals surface area (Å²) in [5.74, 6) is 0.386. The molecule has 1 aliphatic heterocycles.